The molecule has 1 aliphatic carbocycles. The maximum absolute atomic E-state index is 12.1. The van der Waals surface area contributed by atoms with Crippen LogP contribution in [0.5, 0.6) is 5.75 Å². The molecular weight excluding hydrogens is 244 g/mol. The summed E-state index contributed by atoms with van der Waals surface area (Å²) in [5, 5.41) is 12.7. The third-order valence-corrected chi connectivity index (χ3v) is 3.54. The smallest absolute Gasteiger partial charge is 0.251 e. The van der Waals surface area contributed by atoms with Gasteiger partial charge in [0, 0.05) is 5.56 Å². The van der Waals surface area contributed by atoms with Gasteiger partial charge in [0.25, 0.3) is 5.91 Å². The molecule has 1 aliphatic rings. The van der Waals surface area contributed by atoms with Gasteiger partial charge >= 0.3 is 0 Å². The number of nitrogens with one attached hydrogen (secondary N) is 1. The number of benzene rings is 1. The van der Waals surface area contributed by atoms with Gasteiger partial charge in [0.1, 0.15) is 5.75 Å². The van der Waals surface area contributed by atoms with Crippen LogP contribution in [0.3, 0.4) is 0 Å². The molecule has 5 nitrogen and oxygen atoms in total. The Kier molecular flexibility index (Phi) is 4.27. The van der Waals surface area contributed by atoms with Crippen LogP contribution in [-0.4, -0.2) is 30.3 Å². The number of nitrogen functional groups attached to an aromatic ring is 1. The second-order valence-corrected chi connectivity index (χ2v) is 4.89. The first-order valence-corrected chi connectivity index (χ1v) is 6.54. The van der Waals surface area contributed by atoms with Crippen molar-refractivity contribution in [2.24, 2.45) is 0 Å². The van der Waals surface area contributed by atoms with Gasteiger partial charge in [-0.05, 0) is 31.0 Å². The fourth-order valence-corrected chi connectivity index (χ4v) is 2.41. The minimum atomic E-state index is -0.451. The number of aliphatic hydroxyl groups is 1. The summed E-state index contributed by atoms with van der Waals surface area (Å²) in [7, 11) is 1.53. The summed E-state index contributed by atoms with van der Waals surface area (Å²) in [4.78, 5) is 12.1. The van der Waals surface area contributed by atoms with Crippen molar-refractivity contribution in [3.63, 3.8) is 0 Å². The maximum Gasteiger partial charge on any atom is 0.251 e. The lowest BCUT2D eigenvalue weighted by atomic mass is 9.92. The second-order valence-electron chi connectivity index (χ2n) is 4.89. The van der Waals surface area contributed by atoms with E-state index in [0.717, 1.165) is 25.7 Å². The quantitative estimate of drug-likeness (QED) is 0.719. The van der Waals surface area contributed by atoms with E-state index in [1.165, 1.54) is 7.11 Å². The number of hydrogen-bond acceptors (Lipinski definition) is 4. The van der Waals surface area contributed by atoms with Gasteiger partial charge in [-0.15, -0.1) is 0 Å². The zero-order valence-corrected chi connectivity index (χ0v) is 11.1. The Hall–Kier alpha value is -1.75. The number of amides is 1. The number of carbonyl (C=O) groups is 1. The summed E-state index contributed by atoms with van der Waals surface area (Å²) in [6.45, 7) is 0. The van der Waals surface area contributed by atoms with E-state index in [1.54, 1.807) is 18.2 Å². The van der Waals surface area contributed by atoms with Crippen molar-refractivity contribution in [3.05, 3.63) is 23.8 Å². The summed E-state index contributed by atoms with van der Waals surface area (Å²) < 4.78 is 5.05. The van der Waals surface area contributed by atoms with Crippen molar-refractivity contribution in [1.82, 2.24) is 5.32 Å². The highest BCUT2D eigenvalue weighted by molar-refractivity contribution is 5.95. The number of methoxy groups -OCH3 is 1. The normalized spacial score (nSPS) is 22.8. The lowest BCUT2D eigenvalue weighted by molar-refractivity contribution is 0.0717. The Bertz CT molecular complexity index is 462. The van der Waals surface area contributed by atoms with Gasteiger partial charge in [-0.3, -0.25) is 4.79 Å². The number of anilines is 1. The van der Waals surface area contributed by atoms with Crippen molar-refractivity contribution in [2.75, 3.05) is 12.8 Å². The van der Waals surface area contributed by atoms with Crippen LogP contribution in [0.4, 0.5) is 5.69 Å². The molecule has 1 saturated carbocycles. The molecule has 2 unspecified atom stereocenters. The maximum atomic E-state index is 12.1. The minimum Gasteiger partial charge on any atom is -0.495 e. The number of nitrogens with two attached hydrogens (primary N) is 1. The first kappa shape index (κ1) is 13.7. The fraction of sp³-hybridized carbons (Fsp3) is 0.500. The molecule has 5 heteroatoms. The molecule has 0 heterocycles. The van der Waals surface area contributed by atoms with Crippen LogP contribution >= 0.6 is 0 Å². The van der Waals surface area contributed by atoms with Gasteiger partial charge in [0.15, 0.2) is 0 Å². The van der Waals surface area contributed by atoms with Crippen LogP contribution in [0.1, 0.15) is 36.0 Å². The summed E-state index contributed by atoms with van der Waals surface area (Å²) >= 11 is 0. The number of rotatable bonds is 3. The van der Waals surface area contributed by atoms with E-state index in [2.05, 4.69) is 5.32 Å². The van der Waals surface area contributed by atoms with Gasteiger partial charge in [-0.25, -0.2) is 0 Å². The van der Waals surface area contributed by atoms with Crippen molar-refractivity contribution < 1.29 is 14.6 Å². The van der Waals surface area contributed by atoms with Crippen molar-refractivity contribution >= 4 is 11.6 Å². The van der Waals surface area contributed by atoms with Crippen LogP contribution < -0.4 is 15.8 Å². The van der Waals surface area contributed by atoms with Gasteiger partial charge < -0.3 is 20.9 Å². The standard InChI is InChI=1S/C14H20N2O3/c1-19-13-7-6-9(8-10(13)15)14(18)16-11-4-2-3-5-12(11)17/h6-8,11-12,17H,2-5,15H2,1H3,(H,16,18). The third kappa shape index (κ3) is 3.17. The molecule has 104 valence electrons. The number of aliphatic hydroxyl groups excluding tert-OH is 1. The molecule has 1 aromatic rings. The van der Waals surface area contributed by atoms with Gasteiger partial charge in [-0.1, -0.05) is 12.8 Å². The molecule has 0 bridgehead atoms. The average Bonchev–Trinajstić information content (AvgIpc) is 2.41. The van der Waals surface area contributed by atoms with E-state index in [-0.39, 0.29) is 11.9 Å². The minimum absolute atomic E-state index is 0.162. The molecule has 4 N–H and O–H groups in total. The Labute approximate surface area is 112 Å². The zero-order chi connectivity index (χ0) is 13.8. The lowest BCUT2D eigenvalue weighted by Crippen LogP contribution is -2.45. The zero-order valence-electron chi connectivity index (χ0n) is 11.1. The number of carbonyl (C=O) groups excluding carboxylic acids is 1. The highest BCUT2D eigenvalue weighted by atomic mass is 16.5. The first-order valence-electron chi connectivity index (χ1n) is 6.54. The predicted octanol–water partition coefficient (Wildman–Crippen LogP) is 1.31. The second kappa shape index (κ2) is 5.93. The Morgan fingerprint density at radius 2 is 2.16 bits per heavy atom. The molecule has 1 fully saturated rings. The highest BCUT2D eigenvalue weighted by Gasteiger charge is 2.24. The van der Waals surface area contributed by atoms with E-state index in [4.69, 9.17) is 10.5 Å². The van der Waals surface area contributed by atoms with E-state index in [0.29, 0.717) is 17.0 Å². The van der Waals surface area contributed by atoms with Crippen molar-refractivity contribution in [3.8, 4) is 5.75 Å². The van der Waals surface area contributed by atoms with Gasteiger partial charge in [0.2, 0.25) is 0 Å². The summed E-state index contributed by atoms with van der Waals surface area (Å²) in [5.41, 5.74) is 6.69. The first-order chi connectivity index (χ1) is 9.11. The topological polar surface area (TPSA) is 84.6 Å². The lowest BCUT2D eigenvalue weighted by Gasteiger charge is -2.28. The summed E-state index contributed by atoms with van der Waals surface area (Å²) in [5.74, 6) is 0.342. The highest BCUT2D eigenvalue weighted by Crippen LogP contribution is 2.23. The summed E-state index contributed by atoms with van der Waals surface area (Å²) in [6, 6.07) is 4.76. The van der Waals surface area contributed by atoms with Gasteiger partial charge in [0.05, 0.1) is 24.9 Å². The number of ether oxygens (including phenoxy) is 1. The molecule has 2 rings (SSSR count). The average molecular weight is 264 g/mol. The summed E-state index contributed by atoms with van der Waals surface area (Å²) in [6.07, 6.45) is 3.16. The molecule has 1 aromatic carbocycles. The molecule has 0 radical (unpaired) electrons. The Morgan fingerprint density at radius 1 is 1.42 bits per heavy atom. The van der Waals surface area contributed by atoms with Crippen molar-refractivity contribution in [1.29, 1.82) is 0 Å². The van der Waals surface area contributed by atoms with Crippen LogP contribution in [0.25, 0.3) is 0 Å². The Balaban J connectivity index is 2.05. The van der Waals surface area contributed by atoms with Gasteiger partial charge in [-0.2, -0.15) is 0 Å². The van der Waals surface area contributed by atoms with E-state index in [9.17, 15) is 9.90 Å². The Morgan fingerprint density at radius 3 is 2.79 bits per heavy atom. The van der Waals surface area contributed by atoms with Crippen LogP contribution in [-0.2, 0) is 0 Å². The molecule has 0 aliphatic heterocycles. The molecule has 2 atom stereocenters. The molecule has 0 aromatic heterocycles. The van der Waals surface area contributed by atoms with E-state index >= 15 is 0 Å². The monoisotopic (exact) mass is 264 g/mol. The van der Waals surface area contributed by atoms with E-state index < -0.39 is 6.10 Å². The largest absolute Gasteiger partial charge is 0.495 e. The molecule has 19 heavy (non-hydrogen) atoms. The van der Waals surface area contributed by atoms with Crippen LogP contribution in [0.15, 0.2) is 18.2 Å². The molecule has 0 saturated heterocycles. The SMILES string of the molecule is COc1ccc(C(=O)NC2CCCCC2O)cc1N. The van der Waals surface area contributed by atoms with Crippen molar-refractivity contribution in [2.45, 2.75) is 37.8 Å². The molecular formula is C14H20N2O3. The molecule has 1 amide bonds. The van der Waals surface area contributed by atoms with E-state index in [1.807, 2.05) is 0 Å². The predicted molar refractivity (Wildman–Crippen MR) is 73.1 cm³/mol. The van der Waals surface area contributed by atoms with Crippen LogP contribution in [0, 0.1) is 0 Å². The molecule has 0 spiro atoms. The fourth-order valence-electron chi connectivity index (χ4n) is 2.41. The van der Waals surface area contributed by atoms with Crippen LogP contribution in [0.2, 0.25) is 0 Å². The number of hydrogen-bond donors (Lipinski definition) is 3. The third-order valence-electron chi connectivity index (χ3n) is 3.54.